The van der Waals surface area contributed by atoms with Gasteiger partial charge in [0.1, 0.15) is 0 Å². The Morgan fingerprint density at radius 1 is 1.45 bits per heavy atom. The normalized spacial score (nSPS) is 32.7. The number of carbonyl (C=O) groups excluding carboxylic acids is 1. The molecule has 1 amide bonds. The Morgan fingerprint density at radius 3 is 2.86 bits per heavy atom. The minimum atomic E-state index is -0.793. The number of hydrogen-bond donors (Lipinski definition) is 2. The number of thiophene rings is 1. The number of aryl methyl sites for hydroxylation is 1. The molecule has 162 valence electrons. The molecule has 3 heterocycles. The van der Waals surface area contributed by atoms with E-state index in [1.807, 2.05) is 11.3 Å². The predicted octanol–water partition coefficient (Wildman–Crippen LogP) is 3.19. The molecule has 2 aliphatic heterocycles. The van der Waals surface area contributed by atoms with E-state index in [0.717, 1.165) is 58.2 Å². The molecule has 29 heavy (non-hydrogen) atoms. The van der Waals surface area contributed by atoms with Crippen molar-refractivity contribution in [1.82, 2.24) is 10.2 Å². The lowest BCUT2D eigenvalue weighted by Crippen LogP contribution is -2.57. The minimum Gasteiger partial charge on any atom is -0.370 e. The maximum absolute atomic E-state index is 12.1. The van der Waals surface area contributed by atoms with E-state index < -0.39 is 5.54 Å². The Morgan fingerprint density at radius 2 is 2.21 bits per heavy atom. The molecule has 2 atom stereocenters. The lowest BCUT2D eigenvalue weighted by atomic mass is 9.76. The van der Waals surface area contributed by atoms with Crippen molar-refractivity contribution >= 4 is 17.2 Å². The van der Waals surface area contributed by atoms with Crippen molar-refractivity contribution in [3.8, 4) is 0 Å². The molecular weight excluding hydrogens is 382 g/mol. The van der Waals surface area contributed by atoms with E-state index in [2.05, 4.69) is 30.1 Å². The fourth-order valence-corrected chi connectivity index (χ4v) is 6.43. The molecule has 1 spiro atoms. The fourth-order valence-electron chi connectivity index (χ4n) is 5.25. The smallest absolute Gasteiger partial charge is 0.239 e. The van der Waals surface area contributed by atoms with Gasteiger partial charge in [0.05, 0.1) is 17.7 Å². The molecule has 3 N–H and O–H groups in total. The molecule has 1 aliphatic carbocycles. The van der Waals surface area contributed by atoms with Gasteiger partial charge >= 0.3 is 0 Å². The van der Waals surface area contributed by atoms with Gasteiger partial charge in [-0.2, -0.15) is 0 Å². The summed E-state index contributed by atoms with van der Waals surface area (Å²) < 4.78 is 6.47. The SMILES string of the molecule is CCc1cc2c(s1)CCO[C@@]21CCN(C[C@H]2C[C@@H](NC(=O)C(C)(C)N)C2)[C@@H](C)C1. The van der Waals surface area contributed by atoms with E-state index in [1.165, 1.54) is 10.4 Å². The average molecular weight is 420 g/mol. The second-order valence-electron chi connectivity index (χ2n) is 10.0. The third kappa shape index (κ3) is 4.27. The topological polar surface area (TPSA) is 67.6 Å². The number of likely N-dealkylation sites (tertiary alicyclic amines) is 1. The predicted molar refractivity (Wildman–Crippen MR) is 118 cm³/mol. The zero-order chi connectivity index (χ0) is 20.8. The molecule has 0 aromatic carbocycles. The van der Waals surface area contributed by atoms with Gasteiger partial charge in [-0.1, -0.05) is 6.92 Å². The number of nitrogens with one attached hydrogen (secondary N) is 1. The van der Waals surface area contributed by atoms with Crippen LogP contribution in [-0.4, -0.2) is 48.1 Å². The molecule has 1 saturated heterocycles. The van der Waals surface area contributed by atoms with Gasteiger partial charge in [0.15, 0.2) is 0 Å². The number of fused-ring (bicyclic) bond motifs is 2. The van der Waals surface area contributed by atoms with Crippen LogP contribution in [0.1, 0.15) is 68.7 Å². The molecule has 0 radical (unpaired) electrons. The highest BCUT2D eigenvalue weighted by molar-refractivity contribution is 7.12. The molecule has 5 nitrogen and oxygen atoms in total. The highest BCUT2D eigenvalue weighted by Gasteiger charge is 2.45. The van der Waals surface area contributed by atoms with Crippen LogP contribution in [0.3, 0.4) is 0 Å². The number of piperidine rings is 1. The number of rotatable bonds is 5. The third-order valence-corrected chi connectivity index (χ3v) is 8.45. The van der Waals surface area contributed by atoms with Crippen molar-refractivity contribution in [3.63, 3.8) is 0 Å². The van der Waals surface area contributed by atoms with E-state index in [9.17, 15) is 4.79 Å². The van der Waals surface area contributed by atoms with Gasteiger partial charge in [0.25, 0.3) is 0 Å². The van der Waals surface area contributed by atoms with Crippen LogP contribution in [-0.2, 0) is 28.0 Å². The third-order valence-electron chi connectivity index (χ3n) is 7.11. The number of nitrogens with two attached hydrogens (primary N) is 1. The van der Waals surface area contributed by atoms with Crippen molar-refractivity contribution < 1.29 is 9.53 Å². The van der Waals surface area contributed by atoms with Gasteiger partial charge in [-0.05, 0) is 70.4 Å². The Balaban J connectivity index is 1.31. The lowest BCUT2D eigenvalue weighted by Gasteiger charge is -2.49. The van der Waals surface area contributed by atoms with Crippen LogP contribution in [0.15, 0.2) is 6.07 Å². The van der Waals surface area contributed by atoms with Crippen LogP contribution in [0.2, 0.25) is 0 Å². The van der Waals surface area contributed by atoms with Gasteiger partial charge in [0.2, 0.25) is 5.91 Å². The van der Waals surface area contributed by atoms with Gasteiger partial charge in [-0.3, -0.25) is 4.79 Å². The van der Waals surface area contributed by atoms with E-state index in [1.54, 1.807) is 18.7 Å². The molecule has 1 saturated carbocycles. The summed E-state index contributed by atoms with van der Waals surface area (Å²) in [4.78, 5) is 17.8. The minimum absolute atomic E-state index is 0.0401. The number of nitrogens with zero attached hydrogens (tertiary/aromatic N) is 1. The van der Waals surface area contributed by atoms with Crippen molar-refractivity contribution in [3.05, 3.63) is 21.4 Å². The van der Waals surface area contributed by atoms with E-state index in [0.29, 0.717) is 18.0 Å². The molecule has 0 bridgehead atoms. The second kappa shape index (κ2) is 7.95. The average Bonchev–Trinajstić information content (AvgIpc) is 3.06. The number of amides is 1. The molecule has 1 aromatic rings. The molecule has 2 fully saturated rings. The van der Waals surface area contributed by atoms with Crippen molar-refractivity contribution in [1.29, 1.82) is 0 Å². The van der Waals surface area contributed by atoms with Crippen LogP contribution in [0.4, 0.5) is 0 Å². The van der Waals surface area contributed by atoms with Gasteiger partial charge in [0, 0.05) is 41.3 Å². The molecule has 4 rings (SSSR count). The quantitative estimate of drug-likeness (QED) is 0.769. The first-order valence-corrected chi connectivity index (χ1v) is 12.1. The maximum atomic E-state index is 12.1. The zero-order valence-electron chi connectivity index (χ0n) is 18.4. The zero-order valence-corrected chi connectivity index (χ0v) is 19.2. The van der Waals surface area contributed by atoms with E-state index in [-0.39, 0.29) is 11.5 Å². The highest BCUT2D eigenvalue weighted by atomic mass is 32.1. The van der Waals surface area contributed by atoms with Crippen molar-refractivity contribution in [2.45, 2.75) is 89.4 Å². The summed E-state index contributed by atoms with van der Waals surface area (Å²) in [6.07, 6.45) is 6.53. The number of carbonyl (C=O) groups is 1. The van der Waals surface area contributed by atoms with Gasteiger partial charge in [-0.25, -0.2) is 0 Å². The van der Waals surface area contributed by atoms with Crippen LogP contribution in [0, 0.1) is 5.92 Å². The summed E-state index contributed by atoms with van der Waals surface area (Å²) in [5, 5.41) is 3.10. The Labute approximate surface area is 179 Å². The van der Waals surface area contributed by atoms with Crippen LogP contribution in [0.5, 0.6) is 0 Å². The van der Waals surface area contributed by atoms with Crippen molar-refractivity contribution in [2.75, 3.05) is 19.7 Å². The highest BCUT2D eigenvalue weighted by Crippen LogP contribution is 2.46. The van der Waals surface area contributed by atoms with Crippen LogP contribution < -0.4 is 11.1 Å². The van der Waals surface area contributed by atoms with E-state index in [4.69, 9.17) is 10.5 Å². The lowest BCUT2D eigenvalue weighted by molar-refractivity contribution is -0.127. The number of ether oxygens (including phenoxy) is 1. The molecule has 6 heteroatoms. The van der Waals surface area contributed by atoms with Crippen molar-refractivity contribution in [2.24, 2.45) is 11.7 Å². The standard InChI is InChI=1S/C23H37N3O2S/c1-5-18-12-19-20(29-18)6-9-28-23(19)7-8-26(15(2)13-23)14-16-10-17(11-16)25-21(27)22(3,4)24/h12,15-17H,5-11,13-14,24H2,1-4H3,(H,25,27)/t15-,16-,17+,23+/m0/s1. The first kappa shape index (κ1) is 21.3. The Bertz CT molecular complexity index is 750. The Kier molecular flexibility index (Phi) is 5.84. The maximum Gasteiger partial charge on any atom is 0.239 e. The largest absolute Gasteiger partial charge is 0.370 e. The summed E-state index contributed by atoms with van der Waals surface area (Å²) in [6, 6.07) is 3.25. The first-order valence-electron chi connectivity index (χ1n) is 11.3. The van der Waals surface area contributed by atoms with Gasteiger partial charge in [-0.15, -0.1) is 11.3 Å². The number of hydrogen-bond acceptors (Lipinski definition) is 5. The second-order valence-corrected chi connectivity index (χ2v) is 11.2. The molecule has 1 aromatic heterocycles. The van der Waals surface area contributed by atoms with E-state index >= 15 is 0 Å². The monoisotopic (exact) mass is 419 g/mol. The summed E-state index contributed by atoms with van der Waals surface area (Å²) in [5.41, 5.74) is 6.53. The molecule has 3 aliphatic rings. The molecular formula is C23H37N3O2S. The fraction of sp³-hybridized carbons (Fsp3) is 0.783. The summed E-state index contributed by atoms with van der Waals surface area (Å²) in [5.74, 6) is 0.634. The van der Waals surface area contributed by atoms with Gasteiger partial charge < -0.3 is 20.7 Å². The molecule has 0 unspecified atom stereocenters. The van der Waals surface area contributed by atoms with Crippen LogP contribution >= 0.6 is 11.3 Å². The summed E-state index contributed by atoms with van der Waals surface area (Å²) in [7, 11) is 0. The van der Waals surface area contributed by atoms with Crippen LogP contribution in [0.25, 0.3) is 0 Å². The first-order chi connectivity index (χ1) is 13.7. The Hall–Kier alpha value is -0.950. The summed E-state index contributed by atoms with van der Waals surface area (Å²) in [6.45, 7) is 11.2. The summed E-state index contributed by atoms with van der Waals surface area (Å²) >= 11 is 2.00.